The second-order valence-corrected chi connectivity index (χ2v) is 5.84. The van der Waals surface area contributed by atoms with Crippen LogP contribution >= 0.6 is 0 Å². The van der Waals surface area contributed by atoms with Gasteiger partial charge in [0.1, 0.15) is 5.56 Å². The van der Waals surface area contributed by atoms with Crippen molar-refractivity contribution in [2.45, 2.75) is 18.9 Å². The summed E-state index contributed by atoms with van der Waals surface area (Å²) in [6, 6.07) is 3.98. The number of aromatic nitrogens is 1. The molecule has 2 heterocycles. The van der Waals surface area contributed by atoms with E-state index >= 15 is 0 Å². The summed E-state index contributed by atoms with van der Waals surface area (Å²) in [5, 5.41) is 5.78. The van der Waals surface area contributed by atoms with E-state index in [4.69, 9.17) is 14.7 Å². The lowest BCUT2D eigenvalue weighted by molar-refractivity contribution is -0.143. The Kier molecular flexibility index (Phi) is 5.03. The predicted octanol–water partition coefficient (Wildman–Crippen LogP) is 4.48. The maximum absolute atomic E-state index is 12.9. The number of halogens is 6. The van der Waals surface area contributed by atoms with Crippen LogP contribution in [-0.4, -0.2) is 11.1 Å². The van der Waals surface area contributed by atoms with Crippen LogP contribution in [0.5, 0.6) is 0 Å². The van der Waals surface area contributed by atoms with E-state index < -0.39 is 47.4 Å². The molecule has 0 unspecified atom stereocenters. The van der Waals surface area contributed by atoms with Crippen molar-refractivity contribution in [2.24, 2.45) is 0 Å². The number of hydrogen-bond acceptors (Lipinski definition) is 5. The van der Waals surface area contributed by atoms with Crippen LogP contribution < -0.4 is 11.1 Å². The van der Waals surface area contributed by atoms with Crippen LogP contribution in [0.1, 0.15) is 27.0 Å². The molecule has 3 N–H and O–H groups in total. The highest BCUT2D eigenvalue weighted by Gasteiger charge is 2.37. The Morgan fingerprint density at radius 2 is 1.69 bits per heavy atom. The van der Waals surface area contributed by atoms with E-state index in [1.807, 2.05) is 0 Å². The van der Waals surface area contributed by atoms with Crippen molar-refractivity contribution >= 4 is 11.8 Å². The number of rotatable bonds is 4. The highest BCUT2D eigenvalue weighted by molar-refractivity contribution is 6.03. The lowest BCUT2D eigenvalue weighted by Gasteiger charge is -2.14. The standard InChI is InChI=1S/C17H11F6N3O3/c18-16(19,20)9-4-8(5-10(6-9)17(21,22)23)7-25-15(27)12-13(26-29-14(12)24)11-2-1-3-28-11/h1-6H,7,24H2,(H,25,27). The Bertz CT molecular complexity index is 990. The van der Waals surface area contributed by atoms with Gasteiger partial charge in [-0.1, -0.05) is 5.16 Å². The molecule has 0 saturated heterocycles. The number of nitrogens with zero attached hydrogens (tertiary/aromatic N) is 1. The van der Waals surface area contributed by atoms with Gasteiger partial charge in [-0.05, 0) is 35.9 Å². The van der Waals surface area contributed by atoms with Gasteiger partial charge in [-0.15, -0.1) is 0 Å². The molecule has 0 radical (unpaired) electrons. The number of furan rings is 1. The van der Waals surface area contributed by atoms with Crippen molar-refractivity contribution in [3.63, 3.8) is 0 Å². The fourth-order valence-electron chi connectivity index (χ4n) is 2.50. The highest BCUT2D eigenvalue weighted by Crippen LogP contribution is 2.36. The minimum absolute atomic E-state index is 0.00167. The van der Waals surface area contributed by atoms with Gasteiger partial charge in [0.05, 0.1) is 17.4 Å². The largest absolute Gasteiger partial charge is 0.463 e. The molecule has 0 saturated carbocycles. The Balaban J connectivity index is 1.87. The van der Waals surface area contributed by atoms with Crippen LogP contribution in [0.4, 0.5) is 32.2 Å². The predicted molar refractivity (Wildman–Crippen MR) is 86.2 cm³/mol. The van der Waals surface area contributed by atoms with Crippen molar-refractivity contribution in [3.8, 4) is 11.5 Å². The second kappa shape index (κ2) is 7.18. The first-order valence-corrected chi connectivity index (χ1v) is 7.82. The number of nitrogen functional groups attached to an aromatic ring is 1. The van der Waals surface area contributed by atoms with Gasteiger partial charge in [-0.3, -0.25) is 4.79 Å². The molecular weight excluding hydrogens is 408 g/mol. The Morgan fingerprint density at radius 1 is 1.07 bits per heavy atom. The van der Waals surface area contributed by atoms with Crippen LogP contribution in [0.15, 0.2) is 45.5 Å². The molecule has 1 amide bonds. The number of carbonyl (C=O) groups excluding carboxylic acids is 1. The maximum atomic E-state index is 12.9. The summed E-state index contributed by atoms with van der Waals surface area (Å²) in [6.07, 6.45) is -8.69. The summed E-state index contributed by atoms with van der Waals surface area (Å²) in [4.78, 5) is 12.4. The molecule has 0 fully saturated rings. The number of hydrogen-bond donors (Lipinski definition) is 2. The zero-order valence-electron chi connectivity index (χ0n) is 14.2. The molecule has 0 aliphatic heterocycles. The summed E-state index contributed by atoms with van der Waals surface area (Å²) in [5.74, 6) is -1.18. The number of alkyl halides is 6. The summed E-state index contributed by atoms with van der Waals surface area (Å²) < 4.78 is 87.3. The van der Waals surface area contributed by atoms with E-state index in [-0.39, 0.29) is 23.1 Å². The maximum Gasteiger partial charge on any atom is 0.416 e. The van der Waals surface area contributed by atoms with Crippen LogP contribution in [0.3, 0.4) is 0 Å². The molecule has 2 aromatic heterocycles. The average molecular weight is 419 g/mol. The molecule has 12 heteroatoms. The molecule has 29 heavy (non-hydrogen) atoms. The van der Waals surface area contributed by atoms with E-state index in [1.54, 1.807) is 0 Å². The molecule has 0 atom stereocenters. The normalized spacial score (nSPS) is 12.2. The van der Waals surface area contributed by atoms with Crippen molar-refractivity contribution in [1.29, 1.82) is 0 Å². The van der Waals surface area contributed by atoms with E-state index in [2.05, 4.69) is 10.5 Å². The SMILES string of the molecule is Nc1onc(-c2ccco2)c1C(=O)NCc1cc(C(F)(F)F)cc(C(F)(F)F)c1. The number of amides is 1. The third kappa shape index (κ3) is 4.36. The zero-order valence-corrected chi connectivity index (χ0v) is 14.2. The van der Waals surface area contributed by atoms with Crippen molar-refractivity contribution in [3.05, 3.63) is 58.8 Å². The Morgan fingerprint density at radius 3 is 2.21 bits per heavy atom. The lowest BCUT2D eigenvalue weighted by Crippen LogP contribution is -2.24. The van der Waals surface area contributed by atoms with Gasteiger partial charge in [-0.2, -0.15) is 26.3 Å². The van der Waals surface area contributed by atoms with Crippen LogP contribution in [0.2, 0.25) is 0 Å². The zero-order chi connectivity index (χ0) is 21.4. The van der Waals surface area contributed by atoms with Gasteiger partial charge in [0.25, 0.3) is 5.91 Å². The monoisotopic (exact) mass is 419 g/mol. The highest BCUT2D eigenvalue weighted by atomic mass is 19.4. The van der Waals surface area contributed by atoms with Gasteiger partial charge in [0.2, 0.25) is 5.88 Å². The van der Waals surface area contributed by atoms with Gasteiger partial charge in [0, 0.05) is 6.54 Å². The average Bonchev–Trinajstić information content (AvgIpc) is 3.27. The first-order valence-electron chi connectivity index (χ1n) is 7.82. The van der Waals surface area contributed by atoms with Gasteiger partial charge in [-0.25, -0.2) is 0 Å². The third-order valence-corrected chi connectivity index (χ3v) is 3.80. The molecule has 0 bridgehead atoms. The molecule has 154 valence electrons. The second-order valence-electron chi connectivity index (χ2n) is 5.84. The van der Waals surface area contributed by atoms with Crippen molar-refractivity contribution < 1.29 is 40.1 Å². The molecule has 0 aliphatic rings. The lowest BCUT2D eigenvalue weighted by atomic mass is 10.0. The summed E-state index contributed by atoms with van der Waals surface area (Å²) in [6.45, 7) is -0.631. The van der Waals surface area contributed by atoms with E-state index in [1.165, 1.54) is 18.4 Å². The molecule has 0 aliphatic carbocycles. The van der Waals surface area contributed by atoms with Gasteiger partial charge < -0.3 is 20.0 Å². The first-order chi connectivity index (χ1) is 13.5. The van der Waals surface area contributed by atoms with Crippen molar-refractivity contribution in [2.75, 3.05) is 5.73 Å². The number of nitrogens with one attached hydrogen (secondary N) is 1. The minimum atomic E-state index is -4.99. The number of benzene rings is 1. The molecule has 1 aromatic carbocycles. The van der Waals surface area contributed by atoms with Crippen LogP contribution in [0, 0.1) is 0 Å². The summed E-state index contributed by atoms with van der Waals surface area (Å²) in [5.41, 5.74) is 1.84. The molecule has 3 aromatic rings. The first kappa shape index (κ1) is 20.3. The molecule has 3 rings (SSSR count). The van der Waals surface area contributed by atoms with Crippen LogP contribution in [0.25, 0.3) is 11.5 Å². The van der Waals surface area contributed by atoms with Gasteiger partial charge >= 0.3 is 12.4 Å². The van der Waals surface area contributed by atoms with E-state index in [9.17, 15) is 31.1 Å². The van der Waals surface area contributed by atoms with E-state index in [0.717, 1.165) is 0 Å². The van der Waals surface area contributed by atoms with E-state index in [0.29, 0.717) is 12.1 Å². The summed E-state index contributed by atoms with van der Waals surface area (Å²) in [7, 11) is 0. The minimum Gasteiger partial charge on any atom is -0.463 e. The van der Waals surface area contributed by atoms with Gasteiger partial charge in [0.15, 0.2) is 11.5 Å². The molecule has 0 spiro atoms. The Hall–Kier alpha value is -3.44. The number of anilines is 1. The topological polar surface area (TPSA) is 94.3 Å². The summed E-state index contributed by atoms with van der Waals surface area (Å²) >= 11 is 0. The quantitative estimate of drug-likeness (QED) is 0.608. The fraction of sp³-hybridized carbons (Fsp3) is 0.176. The fourth-order valence-corrected chi connectivity index (χ4v) is 2.50. The smallest absolute Gasteiger partial charge is 0.416 e. The number of nitrogens with two attached hydrogens (primary N) is 1. The van der Waals surface area contributed by atoms with Crippen LogP contribution in [-0.2, 0) is 18.9 Å². The Labute approximate surface area is 158 Å². The van der Waals surface area contributed by atoms with Crippen molar-refractivity contribution in [1.82, 2.24) is 10.5 Å². The third-order valence-electron chi connectivity index (χ3n) is 3.80. The number of carbonyl (C=O) groups is 1. The molecular formula is C17H11F6N3O3. The molecule has 6 nitrogen and oxygen atoms in total.